The molecule has 0 aliphatic rings. The molecule has 6 nitrogen and oxygen atoms in total. The molecule has 0 fully saturated rings. The van der Waals surface area contributed by atoms with Gasteiger partial charge < -0.3 is 19.2 Å². The van der Waals surface area contributed by atoms with E-state index in [1.54, 1.807) is 30.5 Å². The third-order valence-corrected chi connectivity index (χ3v) is 4.68. The highest BCUT2D eigenvalue weighted by molar-refractivity contribution is 6.09. The summed E-state index contributed by atoms with van der Waals surface area (Å²) < 4.78 is 16.6. The molecule has 1 heterocycles. The fourth-order valence-corrected chi connectivity index (χ4v) is 3.18. The lowest BCUT2D eigenvalue weighted by Crippen LogP contribution is -2.16. The van der Waals surface area contributed by atoms with E-state index in [1.807, 2.05) is 54.6 Å². The summed E-state index contributed by atoms with van der Waals surface area (Å²) in [5.41, 5.74) is 1.61. The third-order valence-electron chi connectivity index (χ3n) is 4.68. The Morgan fingerprint density at radius 3 is 2.32 bits per heavy atom. The molecule has 156 valence electrons. The summed E-state index contributed by atoms with van der Waals surface area (Å²) >= 11 is 0. The molecule has 0 unspecified atom stereocenters. The Bertz CT molecular complexity index is 1180. The van der Waals surface area contributed by atoms with Gasteiger partial charge in [-0.3, -0.25) is 4.79 Å². The average molecular weight is 415 g/mol. The second-order valence-electron chi connectivity index (χ2n) is 6.75. The van der Waals surface area contributed by atoms with Gasteiger partial charge in [-0.1, -0.05) is 48.5 Å². The highest BCUT2D eigenvalue weighted by Gasteiger charge is 2.18. The number of H-pyrrole nitrogens is 1. The monoisotopic (exact) mass is 415 g/mol. The number of ketones is 1. The Balaban J connectivity index is 1.33. The minimum Gasteiger partial charge on any atom is -0.490 e. The average Bonchev–Trinajstić information content (AvgIpc) is 3.25. The number of rotatable bonds is 9. The number of carbonyl (C=O) groups is 2. The number of nitrogens with one attached hydrogen (secondary N) is 1. The van der Waals surface area contributed by atoms with E-state index >= 15 is 0 Å². The van der Waals surface area contributed by atoms with E-state index in [1.165, 1.54) is 0 Å². The number of para-hydroxylation sites is 3. The molecule has 4 aromatic rings. The fraction of sp³-hybridized carbons (Fsp3) is 0.120. The normalized spacial score (nSPS) is 10.6. The molecular formula is C25H21NO5. The van der Waals surface area contributed by atoms with Crippen LogP contribution in [-0.2, 0) is 4.74 Å². The fourth-order valence-electron chi connectivity index (χ4n) is 3.18. The SMILES string of the molecule is O=C(OCC(=O)c1c[nH]c2ccccc12)c1ccccc1OCCOc1ccccc1. The smallest absolute Gasteiger partial charge is 0.342 e. The number of hydrogen-bond acceptors (Lipinski definition) is 5. The lowest BCUT2D eigenvalue weighted by molar-refractivity contribution is 0.0470. The van der Waals surface area contributed by atoms with Crippen LogP contribution in [0.2, 0.25) is 0 Å². The number of benzene rings is 3. The van der Waals surface area contributed by atoms with Crippen molar-refractivity contribution in [2.24, 2.45) is 0 Å². The van der Waals surface area contributed by atoms with Gasteiger partial charge in [0.15, 0.2) is 6.61 Å². The number of fused-ring (bicyclic) bond motifs is 1. The number of hydrogen-bond donors (Lipinski definition) is 1. The van der Waals surface area contributed by atoms with E-state index < -0.39 is 5.97 Å². The number of ether oxygens (including phenoxy) is 3. The van der Waals surface area contributed by atoms with Crippen LogP contribution in [0.1, 0.15) is 20.7 Å². The van der Waals surface area contributed by atoms with Crippen LogP contribution in [0.3, 0.4) is 0 Å². The highest BCUT2D eigenvalue weighted by Crippen LogP contribution is 2.21. The zero-order valence-corrected chi connectivity index (χ0v) is 16.7. The van der Waals surface area contributed by atoms with Gasteiger partial charge in [-0.05, 0) is 30.3 Å². The number of aromatic nitrogens is 1. The third kappa shape index (κ3) is 4.93. The van der Waals surface area contributed by atoms with Crippen molar-refractivity contribution in [2.75, 3.05) is 19.8 Å². The molecule has 6 heteroatoms. The Hall–Kier alpha value is -4.06. The largest absolute Gasteiger partial charge is 0.490 e. The van der Waals surface area contributed by atoms with Crippen molar-refractivity contribution in [1.82, 2.24) is 4.98 Å². The lowest BCUT2D eigenvalue weighted by atomic mass is 10.1. The number of esters is 1. The predicted octanol–water partition coefficient (Wildman–Crippen LogP) is 4.67. The van der Waals surface area contributed by atoms with Gasteiger partial charge in [0.2, 0.25) is 5.78 Å². The topological polar surface area (TPSA) is 77.6 Å². The van der Waals surface area contributed by atoms with Crippen molar-refractivity contribution in [3.63, 3.8) is 0 Å². The minimum absolute atomic E-state index is 0.257. The Morgan fingerprint density at radius 1 is 0.742 bits per heavy atom. The molecule has 31 heavy (non-hydrogen) atoms. The number of carbonyl (C=O) groups excluding carboxylic acids is 2. The van der Waals surface area contributed by atoms with Crippen LogP contribution in [0.15, 0.2) is 85.1 Å². The maximum atomic E-state index is 12.6. The maximum absolute atomic E-state index is 12.6. The summed E-state index contributed by atoms with van der Waals surface area (Å²) in [7, 11) is 0. The zero-order valence-electron chi connectivity index (χ0n) is 16.7. The Labute approximate surface area is 179 Å². The molecule has 0 aliphatic heterocycles. The van der Waals surface area contributed by atoms with Crippen molar-refractivity contribution in [1.29, 1.82) is 0 Å². The van der Waals surface area contributed by atoms with Crippen molar-refractivity contribution >= 4 is 22.7 Å². The number of Topliss-reactive ketones (excluding diaryl/α,β-unsaturated/α-hetero) is 1. The highest BCUT2D eigenvalue weighted by atomic mass is 16.5. The van der Waals surface area contributed by atoms with Gasteiger partial charge in [-0.25, -0.2) is 4.79 Å². The van der Waals surface area contributed by atoms with Gasteiger partial charge in [0.05, 0.1) is 0 Å². The summed E-state index contributed by atoms with van der Waals surface area (Å²) in [4.78, 5) is 28.1. The minimum atomic E-state index is -0.618. The van der Waals surface area contributed by atoms with Gasteiger partial charge >= 0.3 is 5.97 Å². The van der Waals surface area contributed by atoms with Crippen molar-refractivity contribution in [3.05, 3.63) is 96.2 Å². The van der Waals surface area contributed by atoms with Gasteiger partial charge in [0.1, 0.15) is 30.3 Å². The first-order valence-electron chi connectivity index (χ1n) is 9.88. The molecule has 3 aromatic carbocycles. The van der Waals surface area contributed by atoms with Crippen molar-refractivity contribution < 1.29 is 23.8 Å². The second-order valence-corrected chi connectivity index (χ2v) is 6.75. The van der Waals surface area contributed by atoms with E-state index in [4.69, 9.17) is 14.2 Å². The van der Waals surface area contributed by atoms with Crippen LogP contribution in [-0.4, -0.2) is 36.6 Å². The molecule has 0 aliphatic carbocycles. The molecule has 1 aromatic heterocycles. The molecule has 0 saturated heterocycles. The Kier molecular flexibility index (Phi) is 6.28. The molecule has 0 saturated carbocycles. The van der Waals surface area contributed by atoms with Crippen LogP contribution in [0.25, 0.3) is 10.9 Å². The second kappa shape index (κ2) is 9.63. The van der Waals surface area contributed by atoms with E-state index in [0.29, 0.717) is 17.9 Å². The predicted molar refractivity (Wildman–Crippen MR) is 117 cm³/mol. The van der Waals surface area contributed by atoms with Gasteiger partial charge in [-0.2, -0.15) is 0 Å². The molecule has 4 rings (SSSR count). The number of aromatic amines is 1. The summed E-state index contributed by atoms with van der Waals surface area (Å²) in [5.74, 6) is 0.228. The Morgan fingerprint density at radius 2 is 1.45 bits per heavy atom. The van der Waals surface area contributed by atoms with Crippen LogP contribution in [0.4, 0.5) is 0 Å². The molecule has 0 radical (unpaired) electrons. The van der Waals surface area contributed by atoms with Crippen molar-refractivity contribution in [2.45, 2.75) is 0 Å². The maximum Gasteiger partial charge on any atom is 0.342 e. The van der Waals surface area contributed by atoms with E-state index in [9.17, 15) is 9.59 Å². The summed E-state index contributed by atoms with van der Waals surface area (Å²) in [6.45, 7) is 0.228. The standard InChI is InChI=1S/C25H21NO5/c27-23(21-16-26-22-12-6-4-10-19(21)22)17-31-25(28)20-11-5-7-13-24(20)30-15-14-29-18-8-2-1-3-9-18/h1-13,16,26H,14-15,17H2. The van der Waals surface area contributed by atoms with Crippen LogP contribution < -0.4 is 9.47 Å². The van der Waals surface area contributed by atoms with Gasteiger partial charge in [0.25, 0.3) is 0 Å². The van der Waals surface area contributed by atoms with Gasteiger partial charge in [0, 0.05) is 22.7 Å². The van der Waals surface area contributed by atoms with E-state index in [2.05, 4.69) is 4.98 Å². The summed E-state index contributed by atoms with van der Waals surface area (Å²) in [5, 5.41) is 0.797. The zero-order chi connectivity index (χ0) is 21.5. The lowest BCUT2D eigenvalue weighted by Gasteiger charge is -2.12. The molecular weight excluding hydrogens is 394 g/mol. The quantitative estimate of drug-likeness (QED) is 0.244. The molecule has 0 bridgehead atoms. The first-order chi connectivity index (χ1) is 15.2. The summed E-state index contributed by atoms with van der Waals surface area (Å²) in [6.07, 6.45) is 1.63. The van der Waals surface area contributed by atoms with E-state index in [0.717, 1.165) is 16.7 Å². The van der Waals surface area contributed by atoms with Gasteiger partial charge in [-0.15, -0.1) is 0 Å². The first-order valence-corrected chi connectivity index (χ1v) is 9.88. The molecule has 0 amide bonds. The molecule has 0 spiro atoms. The van der Waals surface area contributed by atoms with E-state index in [-0.39, 0.29) is 24.6 Å². The van der Waals surface area contributed by atoms with Crippen LogP contribution >= 0.6 is 0 Å². The van der Waals surface area contributed by atoms with Crippen LogP contribution in [0.5, 0.6) is 11.5 Å². The molecule has 1 N–H and O–H groups in total. The van der Waals surface area contributed by atoms with Crippen molar-refractivity contribution in [3.8, 4) is 11.5 Å². The first kappa shape index (κ1) is 20.2. The summed E-state index contributed by atoms with van der Waals surface area (Å²) in [6, 6.07) is 23.6. The molecule has 0 atom stereocenters. The van der Waals surface area contributed by atoms with Crippen LogP contribution in [0, 0.1) is 0 Å².